The van der Waals surface area contributed by atoms with E-state index in [9.17, 15) is 4.79 Å². The van der Waals surface area contributed by atoms with Crippen LogP contribution in [0.2, 0.25) is 0 Å². The molecule has 0 fully saturated rings. The number of hydrogen-bond donors (Lipinski definition) is 1. The van der Waals surface area contributed by atoms with E-state index in [0.717, 1.165) is 5.56 Å². The van der Waals surface area contributed by atoms with Crippen molar-refractivity contribution in [2.75, 3.05) is 0 Å². The second-order valence-corrected chi connectivity index (χ2v) is 6.21. The van der Waals surface area contributed by atoms with E-state index >= 15 is 0 Å². The van der Waals surface area contributed by atoms with E-state index in [4.69, 9.17) is 0 Å². The zero-order valence-corrected chi connectivity index (χ0v) is 13.4. The van der Waals surface area contributed by atoms with Gasteiger partial charge in [-0.2, -0.15) is 5.10 Å². The molecule has 0 aliphatic carbocycles. The number of amides is 1. The van der Waals surface area contributed by atoms with Gasteiger partial charge in [-0.05, 0) is 36.1 Å². The van der Waals surface area contributed by atoms with Crippen LogP contribution in [0.4, 0.5) is 0 Å². The zero-order chi connectivity index (χ0) is 16.2. The number of nitrogens with zero attached hydrogens (tertiary/aromatic N) is 2. The molecule has 114 valence electrons. The molecule has 2 aromatic rings. The first kappa shape index (κ1) is 15.9. The zero-order valence-electron chi connectivity index (χ0n) is 13.4. The number of benzene rings is 1. The molecule has 0 saturated carbocycles. The summed E-state index contributed by atoms with van der Waals surface area (Å²) in [4.78, 5) is 16.1. The summed E-state index contributed by atoms with van der Waals surface area (Å²) in [7, 11) is 0. The molecule has 0 spiro atoms. The van der Waals surface area contributed by atoms with Crippen molar-refractivity contribution in [3.8, 4) is 0 Å². The Kier molecular flexibility index (Phi) is 4.71. The van der Waals surface area contributed by atoms with Gasteiger partial charge in [0, 0.05) is 23.5 Å². The Morgan fingerprint density at radius 1 is 1.09 bits per heavy atom. The summed E-state index contributed by atoms with van der Waals surface area (Å²) in [5.74, 6) is -0.219. The van der Waals surface area contributed by atoms with Crippen LogP contribution in [0.25, 0.3) is 0 Å². The highest BCUT2D eigenvalue weighted by molar-refractivity contribution is 6.00. The van der Waals surface area contributed by atoms with Crippen LogP contribution >= 0.6 is 0 Å². The highest BCUT2D eigenvalue weighted by Crippen LogP contribution is 2.22. The number of nitrogens with one attached hydrogen (secondary N) is 1. The molecule has 4 heteroatoms. The SMILES string of the molecule is C/C(=N\NC(=O)c1ccc(C(C)(C)C)cc1)c1cccnc1. The number of rotatable bonds is 3. The monoisotopic (exact) mass is 295 g/mol. The highest BCUT2D eigenvalue weighted by Gasteiger charge is 2.14. The van der Waals surface area contributed by atoms with E-state index in [1.165, 1.54) is 5.56 Å². The van der Waals surface area contributed by atoms with E-state index in [1.807, 2.05) is 43.3 Å². The molecule has 1 aromatic carbocycles. The second kappa shape index (κ2) is 6.52. The lowest BCUT2D eigenvalue weighted by Crippen LogP contribution is -2.20. The molecule has 0 bridgehead atoms. The topological polar surface area (TPSA) is 54.4 Å². The number of carbonyl (C=O) groups is 1. The van der Waals surface area contributed by atoms with E-state index in [-0.39, 0.29) is 11.3 Å². The molecule has 0 radical (unpaired) electrons. The summed E-state index contributed by atoms with van der Waals surface area (Å²) >= 11 is 0. The summed E-state index contributed by atoms with van der Waals surface area (Å²) in [5.41, 5.74) is 6.03. The van der Waals surface area contributed by atoms with Crippen molar-refractivity contribution in [3.63, 3.8) is 0 Å². The smallest absolute Gasteiger partial charge is 0.267 e. The number of aromatic nitrogens is 1. The predicted molar refractivity (Wildman–Crippen MR) is 89.1 cm³/mol. The lowest BCUT2D eigenvalue weighted by Gasteiger charge is -2.18. The maximum Gasteiger partial charge on any atom is 0.271 e. The predicted octanol–water partition coefficient (Wildman–Crippen LogP) is 3.53. The minimum Gasteiger partial charge on any atom is -0.267 e. The largest absolute Gasteiger partial charge is 0.271 e. The van der Waals surface area contributed by atoms with Gasteiger partial charge >= 0.3 is 0 Å². The van der Waals surface area contributed by atoms with Gasteiger partial charge in [0.05, 0.1) is 5.71 Å². The van der Waals surface area contributed by atoms with Crippen molar-refractivity contribution in [2.24, 2.45) is 5.10 Å². The first-order chi connectivity index (χ1) is 10.4. The molecule has 1 amide bonds. The van der Waals surface area contributed by atoms with Crippen LogP contribution in [0.5, 0.6) is 0 Å². The number of carbonyl (C=O) groups excluding carboxylic acids is 1. The van der Waals surface area contributed by atoms with Crippen molar-refractivity contribution in [1.82, 2.24) is 10.4 Å². The lowest BCUT2D eigenvalue weighted by molar-refractivity contribution is 0.0955. The van der Waals surface area contributed by atoms with Gasteiger partial charge in [-0.3, -0.25) is 9.78 Å². The van der Waals surface area contributed by atoms with Gasteiger partial charge in [-0.15, -0.1) is 0 Å². The average Bonchev–Trinajstić information content (AvgIpc) is 2.52. The maximum atomic E-state index is 12.1. The summed E-state index contributed by atoms with van der Waals surface area (Å²) < 4.78 is 0. The van der Waals surface area contributed by atoms with E-state index in [1.54, 1.807) is 12.4 Å². The molecule has 0 atom stereocenters. The molecule has 1 heterocycles. The van der Waals surface area contributed by atoms with Crippen LogP contribution in [0.15, 0.2) is 53.9 Å². The molecule has 22 heavy (non-hydrogen) atoms. The van der Waals surface area contributed by atoms with Crippen molar-refractivity contribution >= 4 is 11.6 Å². The Morgan fingerprint density at radius 2 is 1.77 bits per heavy atom. The van der Waals surface area contributed by atoms with Gasteiger partial charge in [-0.1, -0.05) is 39.0 Å². The van der Waals surface area contributed by atoms with Gasteiger partial charge in [0.15, 0.2) is 0 Å². The van der Waals surface area contributed by atoms with Crippen LogP contribution < -0.4 is 5.43 Å². The molecule has 4 nitrogen and oxygen atoms in total. The molecular weight excluding hydrogens is 274 g/mol. The molecule has 1 N–H and O–H groups in total. The van der Waals surface area contributed by atoms with Crippen molar-refractivity contribution in [1.29, 1.82) is 0 Å². The Morgan fingerprint density at radius 3 is 2.32 bits per heavy atom. The van der Waals surface area contributed by atoms with Crippen molar-refractivity contribution < 1.29 is 4.79 Å². The summed E-state index contributed by atoms with van der Waals surface area (Å²) in [6.45, 7) is 8.26. The summed E-state index contributed by atoms with van der Waals surface area (Å²) in [6.07, 6.45) is 3.41. The van der Waals surface area contributed by atoms with E-state index in [2.05, 4.69) is 36.3 Å². The molecule has 0 aliphatic heterocycles. The minimum absolute atomic E-state index is 0.0735. The third-order valence-electron chi connectivity index (χ3n) is 3.42. The van der Waals surface area contributed by atoms with E-state index < -0.39 is 0 Å². The molecular formula is C18H21N3O. The Labute approximate surface area is 131 Å². The minimum atomic E-state index is -0.219. The molecule has 0 saturated heterocycles. The fourth-order valence-corrected chi connectivity index (χ4v) is 1.96. The average molecular weight is 295 g/mol. The standard InChI is InChI=1S/C18H21N3O/c1-13(15-6-5-11-19-12-15)20-21-17(22)14-7-9-16(10-8-14)18(2,3)4/h5-12H,1-4H3,(H,21,22)/b20-13+. The van der Waals surface area contributed by atoms with Crippen LogP contribution in [0.3, 0.4) is 0 Å². The third kappa shape index (κ3) is 4.01. The Bertz CT molecular complexity index is 668. The molecule has 1 aromatic heterocycles. The first-order valence-corrected chi connectivity index (χ1v) is 7.23. The summed E-state index contributed by atoms with van der Waals surface area (Å²) in [6, 6.07) is 11.3. The van der Waals surface area contributed by atoms with Gasteiger partial charge in [0.2, 0.25) is 0 Å². The molecule has 0 unspecified atom stereocenters. The lowest BCUT2D eigenvalue weighted by atomic mass is 9.87. The second-order valence-electron chi connectivity index (χ2n) is 6.21. The van der Waals surface area contributed by atoms with Crippen molar-refractivity contribution in [2.45, 2.75) is 33.1 Å². The van der Waals surface area contributed by atoms with Gasteiger partial charge < -0.3 is 0 Å². The van der Waals surface area contributed by atoms with Gasteiger partial charge in [-0.25, -0.2) is 5.43 Å². The van der Waals surface area contributed by atoms with Crippen LogP contribution in [-0.2, 0) is 5.41 Å². The van der Waals surface area contributed by atoms with E-state index in [0.29, 0.717) is 11.3 Å². The van der Waals surface area contributed by atoms with Crippen LogP contribution in [0.1, 0.15) is 49.2 Å². The quantitative estimate of drug-likeness (QED) is 0.695. The Balaban J connectivity index is 2.07. The number of hydrogen-bond acceptors (Lipinski definition) is 3. The Hall–Kier alpha value is -2.49. The van der Waals surface area contributed by atoms with Crippen LogP contribution in [0, 0.1) is 0 Å². The normalized spacial score (nSPS) is 12.1. The molecule has 0 aliphatic rings. The van der Waals surface area contributed by atoms with Crippen molar-refractivity contribution in [3.05, 3.63) is 65.5 Å². The highest BCUT2D eigenvalue weighted by atomic mass is 16.2. The summed E-state index contributed by atoms with van der Waals surface area (Å²) in [5, 5.41) is 4.12. The third-order valence-corrected chi connectivity index (χ3v) is 3.42. The van der Waals surface area contributed by atoms with Crippen LogP contribution in [-0.4, -0.2) is 16.6 Å². The first-order valence-electron chi connectivity index (χ1n) is 7.23. The maximum absolute atomic E-state index is 12.1. The fraction of sp³-hybridized carbons (Fsp3) is 0.278. The number of pyridine rings is 1. The molecule has 2 rings (SSSR count). The number of hydrazone groups is 1. The van der Waals surface area contributed by atoms with Gasteiger partial charge in [0.25, 0.3) is 5.91 Å². The van der Waals surface area contributed by atoms with Gasteiger partial charge in [0.1, 0.15) is 0 Å². The fourth-order valence-electron chi connectivity index (χ4n) is 1.96.